The maximum absolute atomic E-state index is 11.7. The third kappa shape index (κ3) is 3.47. The molecule has 1 saturated carbocycles. The molecule has 2 aromatic rings. The average molecular weight is 406 g/mol. The molecule has 0 atom stereocenters. The number of nitrogens with zero attached hydrogens (tertiary/aromatic N) is 1. The number of rotatable bonds is 4. The van der Waals surface area contributed by atoms with Crippen molar-refractivity contribution in [1.29, 1.82) is 0 Å². The van der Waals surface area contributed by atoms with Gasteiger partial charge in [0.25, 0.3) is 0 Å². The lowest BCUT2D eigenvalue weighted by Crippen LogP contribution is -2.32. The van der Waals surface area contributed by atoms with Crippen LogP contribution < -0.4 is 5.43 Å². The summed E-state index contributed by atoms with van der Waals surface area (Å²) in [5, 5.41) is 3.94. The van der Waals surface area contributed by atoms with E-state index in [1.807, 2.05) is 36.4 Å². The zero-order chi connectivity index (χ0) is 15.5. The van der Waals surface area contributed by atoms with Crippen molar-refractivity contribution in [3.8, 4) is 11.3 Å². The van der Waals surface area contributed by atoms with Gasteiger partial charge in [0.05, 0.1) is 6.21 Å². The number of hydrazone groups is 1. The highest BCUT2D eigenvalue weighted by molar-refractivity contribution is 14.1. The van der Waals surface area contributed by atoms with Crippen LogP contribution in [0.4, 0.5) is 0 Å². The number of hydrogen-bond donors (Lipinski definition) is 1. The second-order valence-electron chi connectivity index (χ2n) is 5.30. The Hall–Kier alpha value is -1.89. The van der Waals surface area contributed by atoms with E-state index in [0.717, 1.165) is 29.7 Å². The van der Waals surface area contributed by atoms with Crippen LogP contribution in [0, 0.1) is 9.49 Å². The van der Waals surface area contributed by atoms with E-state index in [0.29, 0.717) is 5.76 Å². The number of benzene rings is 1. The Morgan fingerprint density at radius 1 is 1.27 bits per heavy atom. The Balaban J connectivity index is 1.59. The Morgan fingerprint density at radius 3 is 2.68 bits per heavy atom. The number of nitrogens with one attached hydrogen (secondary N) is 1. The first-order valence-electron chi connectivity index (χ1n) is 6.97. The van der Waals surface area contributed by atoms with Gasteiger partial charge < -0.3 is 4.42 Å². The van der Waals surface area contributed by atoms with Crippen LogP contribution in [0.1, 0.15) is 18.6 Å². The van der Waals surface area contributed by atoms with Gasteiger partial charge in [-0.3, -0.25) is 4.79 Å². The van der Waals surface area contributed by atoms with Gasteiger partial charge in [-0.05, 0) is 59.7 Å². The Kier molecular flexibility index (Phi) is 4.42. The van der Waals surface area contributed by atoms with Crippen molar-refractivity contribution in [1.82, 2.24) is 5.43 Å². The standard InChI is InChI=1S/C17H15IN2O2/c1-11-8-13(9-11)17(21)20-19-10-15-6-7-16(22-15)12-2-4-14(18)5-3-12/h2-7,10,13H,1,8-9H2,(H,20,21)/b19-10-. The van der Waals surface area contributed by atoms with Crippen LogP contribution in [0.2, 0.25) is 0 Å². The van der Waals surface area contributed by atoms with Crippen LogP contribution in [0.25, 0.3) is 11.3 Å². The zero-order valence-electron chi connectivity index (χ0n) is 11.9. The summed E-state index contributed by atoms with van der Waals surface area (Å²) in [6.45, 7) is 3.82. The Labute approximate surface area is 142 Å². The summed E-state index contributed by atoms with van der Waals surface area (Å²) in [4.78, 5) is 11.7. The number of halogens is 1. The lowest BCUT2D eigenvalue weighted by molar-refractivity contribution is -0.126. The van der Waals surface area contributed by atoms with Crippen LogP contribution in [0.5, 0.6) is 0 Å². The van der Waals surface area contributed by atoms with Gasteiger partial charge >= 0.3 is 0 Å². The molecule has 0 aliphatic heterocycles. The highest BCUT2D eigenvalue weighted by atomic mass is 127. The third-order valence-electron chi connectivity index (χ3n) is 3.56. The minimum absolute atomic E-state index is 0.0172. The highest BCUT2D eigenvalue weighted by Gasteiger charge is 2.28. The molecule has 0 radical (unpaired) electrons. The number of allylic oxidation sites excluding steroid dienone is 1. The predicted octanol–water partition coefficient (Wildman–Crippen LogP) is 3.97. The monoisotopic (exact) mass is 406 g/mol. The van der Waals surface area contributed by atoms with Gasteiger partial charge in [-0.25, -0.2) is 5.43 Å². The molecule has 1 aliphatic rings. The number of amides is 1. The molecule has 22 heavy (non-hydrogen) atoms. The SMILES string of the molecule is C=C1CC(C(=O)N/N=C\c2ccc(-c3ccc(I)cc3)o2)C1. The van der Waals surface area contributed by atoms with Crippen LogP contribution in [-0.2, 0) is 4.79 Å². The van der Waals surface area contributed by atoms with E-state index < -0.39 is 0 Å². The van der Waals surface area contributed by atoms with Crippen molar-refractivity contribution in [2.45, 2.75) is 12.8 Å². The van der Waals surface area contributed by atoms with Crippen molar-refractivity contribution in [3.63, 3.8) is 0 Å². The van der Waals surface area contributed by atoms with Crippen LogP contribution in [-0.4, -0.2) is 12.1 Å². The maximum Gasteiger partial charge on any atom is 0.243 e. The van der Waals surface area contributed by atoms with Gasteiger partial charge in [0.1, 0.15) is 11.5 Å². The molecule has 1 N–H and O–H groups in total. The van der Waals surface area contributed by atoms with Crippen molar-refractivity contribution in [2.75, 3.05) is 0 Å². The van der Waals surface area contributed by atoms with Crippen molar-refractivity contribution < 1.29 is 9.21 Å². The van der Waals surface area contributed by atoms with Gasteiger partial charge in [0.15, 0.2) is 0 Å². The fourth-order valence-corrected chi connectivity index (χ4v) is 2.62. The molecule has 0 spiro atoms. The highest BCUT2D eigenvalue weighted by Crippen LogP contribution is 2.31. The summed E-state index contributed by atoms with van der Waals surface area (Å²) in [7, 11) is 0. The topological polar surface area (TPSA) is 54.6 Å². The first-order valence-corrected chi connectivity index (χ1v) is 8.05. The second kappa shape index (κ2) is 6.48. The molecule has 0 saturated heterocycles. The average Bonchev–Trinajstić information content (AvgIpc) is 2.93. The molecule has 5 heteroatoms. The van der Waals surface area contributed by atoms with Crippen molar-refractivity contribution >= 4 is 34.7 Å². The third-order valence-corrected chi connectivity index (χ3v) is 4.28. The lowest BCUT2D eigenvalue weighted by Gasteiger charge is -2.25. The first kappa shape index (κ1) is 15.0. The molecule has 4 nitrogen and oxygen atoms in total. The Bertz CT molecular complexity index is 723. The molecular formula is C17H15IN2O2. The van der Waals surface area contributed by atoms with E-state index in [-0.39, 0.29) is 11.8 Å². The maximum atomic E-state index is 11.7. The first-order chi connectivity index (χ1) is 10.6. The normalized spacial score (nSPS) is 15.0. The van der Waals surface area contributed by atoms with Gasteiger partial charge in [-0.2, -0.15) is 5.10 Å². The quantitative estimate of drug-likeness (QED) is 0.362. The summed E-state index contributed by atoms with van der Waals surface area (Å²) < 4.78 is 6.87. The molecule has 112 valence electrons. The summed E-state index contributed by atoms with van der Waals surface area (Å²) in [5.74, 6) is 1.34. The molecule has 1 amide bonds. The van der Waals surface area contributed by atoms with E-state index >= 15 is 0 Å². The fraction of sp³-hybridized carbons (Fsp3) is 0.176. The van der Waals surface area contributed by atoms with Crippen molar-refractivity contribution in [2.24, 2.45) is 11.0 Å². The summed E-state index contributed by atoms with van der Waals surface area (Å²) in [5.41, 5.74) is 4.67. The molecule has 0 bridgehead atoms. The second-order valence-corrected chi connectivity index (χ2v) is 6.54. The van der Waals surface area contributed by atoms with E-state index in [1.54, 1.807) is 0 Å². The summed E-state index contributed by atoms with van der Waals surface area (Å²) >= 11 is 2.26. The Morgan fingerprint density at radius 2 is 2.00 bits per heavy atom. The van der Waals surface area contributed by atoms with Gasteiger partial charge in [0.2, 0.25) is 5.91 Å². The number of carbonyl (C=O) groups excluding carboxylic acids is 1. The van der Waals surface area contributed by atoms with Crippen LogP contribution in [0.15, 0.2) is 58.1 Å². The molecule has 1 aromatic carbocycles. The van der Waals surface area contributed by atoms with Gasteiger partial charge in [-0.15, -0.1) is 0 Å². The zero-order valence-corrected chi connectivity index (χ0v) is 14.0. The largest absolute Gasteiger partial charge is 0.455 e. The fourth-order valence-electron chi connectivity index (χ4n) is 2.26. The van der Waals surface area contributed by atoms with Crippen LogP contribution >= 0.6 is 22.6 Å². The molecule has 1 fully saturated rings. The van der Waals surface area contributed by atoms with Crippen LogP contribution in [0.3, 0.4) is 0 Å². The lowest BCUT2D eigenvalue weighted by atomic mass is 9.81. The molecular weight excluding hydrogens is 391 g/mol. The summed E-state index contributed by atoms with van der Waals surface area (Å²) in [6, 6.07) is 11.8. The minimum atomic E-state index is -0.0620. The van der Waals surface area contributed by atoms with Gasteiger partial charge in [-0.1, -0.05) is 24.3 Å². The van der Waals surface area contributed by atoms with E-state index in [4.69, 9.17) is 4.42 Å². The molecule has 1 aromatic heterocycles. The molecule has 0 unspecified atom stereocenters. The number of furan rings is 1. The minimum Gasteiger partial charge on any atom is -0.455 e. The smallest absolute Gasteiger partial charge is 0.243 e. The van der Waals surface area contributed by atoms with E-state index in [1.165, 1.54) is 9.78 Å². The molecule has 1 aliphatic carbocycles. The molecule has 3 rings (SSSR count). The summed E-state index contributed by atoms with van der Waals surface area (Å²) in [6.07, 6.45) is 3.04. The van der Waals surface area contributed by atoms with E-state index in [2.05, 4.69) is 39.7 Å². The van der Waals surface area contributed by atoms with E-state index in [9.17, 15) is 4.79 Å². The number of carbonyl (C=O) groups is 1. The number of hydrogen-bond acceptors (Lipinski definition) is 3. The predicted molar refractivity (Wildman–Crippen MR) is 94.5 cm³/mol. The van der Waals surface area contributed by atoms with Gasteiger partial charge in [0, 0.05) is 15.1 Å². The van der Waals surface area contributed by atoms with Crippen molar-refractivity contribution in [3.05, 3.63) is 57.9 Å². The molecule has 1 heterocycles.